The number of carbonyl (C=O) groups excluding carboxylic acids is 1. The summed E-state index contributed by atoms with van der Waals surface area (Å²) in [5, 5.41) is 0. The third-order valence-corrected chi connectivity index (χ3v) is 1.02. The first kappa shape index (κ1) is 8.17. The Balaban J connectivity index is 3.97. The average molecular weight is 129 g/mol. The molecule has 3 nitrogen and oxygen atoms in total. The second kappa shape index (κ2) is 4.09. The van der Waals surface area contributed by atoms with Crippen LogP contribution in [0.5, 0.6) is 0 Å². The van der Waals surface area contributed by atoms with Gasteiger partial charge in [-0.1, -0.05) is 6.08 Å². The van der Waals surface area contributed by atoms with E-state index in [0.717, 1.165) is 0 Å². The van der Waals surface area contributed by atoms with Gasteiger partial charge in [0, 0.05) is 12.1 Å². The van der Waals surface area contributed by atoms with Crippen molar-refractivity contribution in [2.45, 2.75) is 6.92 Å². The molecule has 9 heavy (non-hydrogen) atoms. The number of nitrogens with two attached hydrogens (primary N) is 1. The summed E-state index contributed by atoms with van der Waals surface area (Å²) in [7, 11) is 1.33. The van der Waals surface area contributed by atoms with Crippen LogP contribution in [0.2, 0.25) is 0 Å². The lowest BCUT2D eigenvalue weighted by Crippen LogP contribution is -2.13. The number of methoxy groups -OCH3 is 1. The van der Waals surface area contributed by atoms with Crippen LogP contribution in [0.4, 0.5) is 0 Å². The van der Waals surface area contributed by atoms with Crippen LogP contribution >= 0.6 is 0 Å². The zero-order chi connectivity index (χ0) is 7.28. The van der Waals surface area contributed by atoms with Gasteiger partial charge in [0.2, 0.25) is 0 Å². The van der Waals surface area contributed by atoms with E-state index in [1.54, 1.807) is 13.0 Å². The molecule has 0 bridgehead atoms. The van der Waals surface area contributed by atoms with E-state index in [1.165, 1.54) is 7.11 Å². The van der Waals surface area contributed by atoms with Crippen LogP contribution in [0, 0.1) is 0 Å². The van der Waals surface area contributed by atoms with E-state index in [1.807, 2.05) is 0 Å². The minimum Gasteiger partial charge on any atom is -0.466 e. The highest BCUT2D eigenvalue weighted by molar-refractivity contribution is 5.88. The smallest absolute Gasteiger partial charge is 0.334 e. The Bertz CT molecular complexity index is 129. The lowest BCUT2D eigenvalue weighted by atomic mass is 10.3. The molecule has 0 saturated heterocycles. The standard InChI is InChI=1S/C6H11NO2/c1-3-5(4-7)6(8)9-2/h3H,4,7H2,1-2H3. The molecule has 0 aromatic carbocycles. The van der Waals surface area contributed by atoms with Crippen LogP contribution in [0.15, 0.2) is 11.6 Å². The number of ether oxygens (including phenoxy) is 1. The highest BCUT2D eigenvalue weighted by Crippen LogP contribution is 1.92. The lowest BCUT2D eigenvalue weighted by molar-refractivity contribution is -0.136. The fraction of sp³-hybridized carbons (Fsp3) is 0.500. The fourth-order valence-corrected chi connectivity index (χ4v) is 0.450. The minimum atomic E-state index is -0.347. The third-order valence-electron chi connectivity index (χ3n) is 1.02. The van der Waals surface area contributed by atoms with Gasteiger partial charge in [-0.05, 0) is 6.92 Å². The summed E-state index contributed by atoms with van der Waals surface area (Å²) in [5.41, 5.74) is 5.70. The minimum absolute atomic E-state index is 0.239. The first-order valence-corrected chi connectivity index (χ1v) is 2.69. The Hall–Kier alpha value is -0.830. The molecule has 0 saturated carbocycles. The average Bonchev–Trinajstić information content (AvgIpc) is 1.90. The molecule has 0 radical (unpaired) electrons. The maximum Gasteiger partial charge on any atom is 0.334 e. The summed E-state index contributed by atoms with van der Waals surface area (Å²) in [6.45, 7) is 1.99. The van der Waals surface area contributed by atoms with Gasteiger partial charge >= 0.3 is 5.97 Å². The summed E-state index contributed by atoms with van der Waals surface area (Å²) in [6.07, 6.45) is 1.64. The Morgan fingerprint density at radius 1 is 1.78 bits per heavy atom. The summed E-state index contributed by atoms with van der Waals surface area (Å²) < 4.78 is 4.41. The summed E-state index contributed by atoms with van der Waals surface area (Å²) in [5.74, 6) is -0.347. The predicted octanol–water partition coefficient (Wildman–Crippen LogP) is 0.0644. The van der Waals surface area contributed by atoms with Crippen molar-refractivity contribution >= 4 is 5.97 Å². The van der Waals surface area contributed by atoms with Crippen LogP contribution in [0.25, 0.3) is 0 Å². The van der Waals surface area contributed by atoms with Crippen LogP contribution in [-0.2, 0) is 9.53 Å². The van der Waals surface area contributed by atoms with Gasteiger partial charge in [-0.25, -0.2) is 4.79 Å². The van der Waals surface area contributed by atoms with Crippen molar-refractivity contribution in [2.75, 3.05) is 13.7 Å². The molecule has 0 aromatic rings. The Labute approximate surface area is 54.5 Å². The molecule has 0 fully saturated rings. The normalized spacial score (nSPS) is 11.2. The predicted molar refractivity (Wildman–Crippen MR) is 34.8 cm³/mol. The SMILES string of the molecule is CC=C(CN)C(=O)OC. The van der Waals surface area contributed by atoms with Crippen LogP contribution < -0.4 is 5.73 Å². The Morgan fingerprint density at radius 2 is 2.33 bits per heavy atom. The molecule has 0 aromatic heterocycles. The molecule has 0 amide bonds. The zero-order valence-electron chi connectivity index (χ0n) is 5.68. The van der Waals surface area contributed by atoms with E-state index < -0.39 is 0 Å². The topological polar surface area (TPSA) is 52.3 Å². The number of rotatable bonds is 2. The Kier molecular flexibility index (Phi) is 3.71. The van der Waals surface area contributed by atoms with Crippen LogP contribution in [0.3, 0.4) is 0 Å². The number of carbonyl (C=O) groups is 1. The maximum atomic E-state index is 10.6. The highest BCUT2D eigenvalue weighted by Gasteiger charge is 2.03. The molecular formula is C6H11NO2. The van der Waals surface area contributed by atoms with Crippen molar-refractivity contribution in [3.63, 3.8) is 0 Å². The van der Waals surface area contributed by atoms with E-state index >= 15 is 0 Å². The van der Waals surface area contributed by atoms with Gasteiger partial charge in [-0.2, -0.15) is 0 Å². The highest BCUT2D eigenvalue weighted by atomic mass is 16.5. The zero-order valence-corrected chi connectivity index (χ0v) is 5.68. The van der Waals surface area contributed by atoms with Crippen molar-refractivity contribution in [3.05, 3.63) is 11.6 Å². The van der Waals surface area contributed by atoms with E-state index in [-0.39, 0.29) is 12.5 Å². The lowest BCUT2D eigenvalue weighted by Gasteiger charge is -1.98. The molecule has 3 heteroatoms. The fourth-order valence-electron chi connectivity index (χ4n) is 0.450. The number of hydrogen-bond donors (Lipinski definition) is 1. The van der Waals surface area contributed by atoms with Crippen LogP contribution in [-0.4, -0.2) is 19.6 Å². The molecule has 0 rings (SSSR count). The van der Waals surface area contributed by atoms with Gasteiger partial charge in [-0.3, -0.25) is 0 Å². The second-order valence-corrected chi connectivity index (χ2v) is 1.51. The summed E-state index contributed by atoms with van der Waals surface area (Å²) in [4.78, 5) is 10.6. The quantitative estimate of drug-likeness (QED) is 0.424. The molecule has 0 spiro atoms. The second-order valence-electron chi connectivity index (χ2n) is 1.51. The summed E-state index contributed by atoms with van der Waals surface area (Å²) >= 11 is 0. The molecule has 0 heterocycles. The van der Waals surface area contributed by atoms with Crippen molar-refractivity contribution in [3.8, 4) is 0 Å². The van der Waals surface area contributed by atoms with Gasteiger partial charge in [0.05, 0.1) is 7.11 Å². The molecule has 0 aliphatic heterocycles. The third kappa shape index (κ3) is 2.28. The van der Waals surface area contributed by atoms with Crippen molar-refractivity contribution in [1.82, 2.24) is 0 Å². The largest absolute Gasteiger partial charge is 0.466 e. The molecule has 2 N–H and O–H groups in total. The van der Waals surface area contributed by atoms with E-state index in [0.29, 0.717) is 5.57 Å². The maximum absolute atomic E-state index is 10.6. The number of allylic oxidation sites excluding steroid dienone is 1. The van der Waals surface area contributed by atoms with E-state index in [9.17, 15) is 4.79 Å². The van der Waals surface area contributed by atoms with Gasteiger partial charge in [0.25, 0.3) is 0 Å². The first-order chi connectivity index (χ1) is 4.26. The van der Waals surface area contributed by atoms with Crippen LogP contribution in [0.1, 0.15) is 6.92 Å². The first-order valence-electron chi connectivity index (χ1n) is 2.69. The van der Waals surface area contributed by atoms with Gasteiger partial charge in [0.15, 0.2) is 0 Å². The number of esters is 1. The van der Waals surface area contributed by atoms with E-state index in [2.05, 4.69) is 4.74 Å². The molecule has 0 aliphatic rings. The molecule has 0 unspecified atom stereocenters. The van der Waals surface area contributed by atoms with Crippen molar-refractivity contribution < 1.29 is 9.53 Å². The molecule has 52 valence electrons. The van der Waals surface area contributed by atoms with Gasteiger partial charge < -0.3 is 10.5 Å². The van der Waals surface area contributed by atoms with Crippen molar-refractivity contribution in [1.29, 1.82) is 0 Å². The van der Waals surface area contributed by atoms with Gasteiger partial charge in [0.1, 0.15) is 0 Å². The van der Waals surface area contributed by atoms with Crippen molar-refractivity contribution in [2.24, 2.45) is 5.73 Å². The van der Waals surface area contributed by atoms with E-state index in [4.69, 9.17) is 5.73 Å². The number of hydrogen-bond acceptors (Lipinski definition) is 3. The molecule has 0 aliphatic carbocycles. The molecule has 0 atom stereocenters. The van der Waals surface area contributed by atoms with Gasteiger partial charge in [-0.15, -0.1) is 0 Å². The molecular weight excluding hydrogens is 118 g/mol. The Morgan fingerprint density at radius 3 is 2.44 bits per heavy atom. The summed E-state index contributed by atoms with van der Waals surface area (Å²) in [6, 6.07) is 0. The monoisotopic (exact) mass is 129 g/mol.